The molecule has 1 heterocycles. The monoisotopic (exact) mass is 380 g/mol. The van der Waals surface area contributed by atoms with Crippen molar-refractivity contribution in [2.45, 2.75) is 85.0 Å². The van der Waals surface area contributed by atoms with Crippen LogP contribution in [0.15, 0.2) is 0 Å². The molecule has 1 saturated heterocycles. The fourth-order valence-corrected chi connectivity index (χ4v) is 4.80. The van der Waals surface area contributed by atoms with Crippen LogP contribution in [0.4, 0.5) is 0 Å². The van der Waals surface area contributed by atoms with E-state index < -0.39 is 11.0 Å². The standard InChI is InChI=1S/C21H32O6/c1-7-11(10-21(5,6)19(24)27-20(2,3)4)17(22)25-15-12-8-13-14(9-12)18(23)26-16(13)15/h11-16H,7-10H2,1-6H3. The molecule has 27 heavy (non-hydrogen) atoms. The Labute approximate surface area is 161 Å². The Hall–Kier alpha value is -1.59. The number of fused-ring (bicyclic) bond motifs is 1. The average molecular weight is 380 g/mol. The van der Waals surface area contributed by atoms with E-state index in [1.807, 2.05) is 27.7 Å². The molecule has 0 aromatic rings. The Kier molecular flexibility index (Phi) is 5.06. The van der Waals surface area contributed by atoms with Crippen molar-refractivity contribution < 1.29 is 28.6 Å². The molecule has 6 atom stereocenters. The highest BCUT2D eigenvalue weighted by molar-refractivity contribution is 5.79. The predicted molar refractivity (Wildman–Crippen MR) is 97.5 cm³/mol. The van der Waals surface area contributed by atoms with Crippen LogP contribution < -0.4 is 0 Å². The lowest BCUT2D eigenvalue weighted by atomic mass is 9.81. The molecule has 1 aliphatic heterocycles. The maximum atomic E-state index is 12.8. The molecule has 2 saturated carbocycles. The second kappa shape index (κ2) is 6.78. The SMILES string of the molecule is CCC(CC(C)(C)C(=O)OC(C)(C)C)C(=O)OC1C2CC3C(=O)OC1C3C2. The summed E-state index contributed by atoms with van der Waals surface area (Å²) in [4.78, 5) is 37.2. The fourth-order valence-electron chi connectivity index (χ4n) is 4.80. The Balaban J connectivity index is 1.61. The predicted octanol–water partition coefficient (Wildman–Crippen LogP) is 3.26. The number of carbonyl (C=O) groups is 3. The minimum atomic E-state index is -0.785. The third-order valence-electron chi connectivity index (χ3n) is 6.20. The first-order valence-corrected chi connectivity index (χ1v) is 10.1. The van der Waals surface area contributed by atoms with Crippen LogP contribution in [0.2, 0.25) is 0 Å². The van der Waals surface area contributed by atoms with Crippen molar-refractivity contribution >= 4 is 17.9 Å². The first-order valence-electron chi connectivity index (χ1n) is 10.1. The molecule has 3 fully saturated rings. The quantitative estimate of drug-likeness (QED) is 0.520. The van der Waals surface area contributed by atoms with Gasteiger partial charge in [0.15, 0.2) is 0 Å². The van der Waals surface area contributed by atoms with E-state index in [4.69, 9.17) is 14.2 Å². The van der Waals surface area contributed by atoms with E-state index in [0.29, 0.717) is 12.8 Å². The zero-order valence-corrected chi connectivity index (χ0v) is 17.2. The second-order valence-corrected chi connectivity index (χ2v) is 10.00. The van der Waals surface area contributed by atoms with Crippen molar-refractivity contribution in [3.05, 3.63) is 0 Å². The molecule has 152 valence electrons. The number of carbonyl (C=O) groups excluding carboxylic acids is 3. The third kappa shape index (κ3) is 3.85. The lowest BCUT2D eigenvalue weighted by Crippen LogP contribution is -2.40. The summed E-state index contributed by atoms with van der Waals surface area (Å²) < 4.78 is 16.8. The van der Waals surface area contributed by atoms with Gasteiger partial charge in [-0.15, -0.1) is 0 Å². The van der Waals surface area contributed by atoms with E-state index in [1.54, 1.807) is 13.8 Å². The molecule has 0 N–H and O–H groups in total. The molecule has 0 amide bonds. The average Bonchev–Trinajstić information content (AvgIpc) is 3.15. The van der Waals surface area contributed by atoms with Gasteiger partial charge >= 0.3 is 17.9 Å². The van der Waals surface area contributed by atoms with Gasteiger partial charge in [0.1, 0.15) is 17.8 Å². The number of ether oxygens (including phenoxy) is 3. The molecule has 2 aliphatic carbocycles. The first kappa shape index (κ1) is 20.2. The highest BCUT2D eigenvalue weighted by Gasteiger charge is 2.63. The van der Waals surface area contributed by atoms with Gasteiger partial charge < -0.3 is 14.2 Å². The van der Waals surface area contributed by atoms with E-state index in [9.17, 15) is 14.4 Å². The molecule has 0 radical (unpaired) electrons. The summed E-state index contributed by atoms with van der Waals surface area (Å²) in [6.45, 7) is 11.0. The van der Waals surface area contributed by atoms with E-state index in [-0.39, 0.29) is 53.8 Å². The second-order valence-electron chi connectivity index (χ2n) is 10.00. The number of hydrogen-bond donors (Lipinski definition) is 0. The van der Waals surface area contributed by atoms with E-state index in [2.05, 4.69) is 0 Å². The third-order valence-corrected chi connectivity index (χ3v) is 6.20. The van der Waals surface area contributed by atoms with E-state index in [0.717, 1.165) is 12.8 Å². The summed E-state index contributed by atoms with van der Waals surface area (Å²) in [6, 6.07) is 0. The number of rotatable bonds is 6. The van der Waals surface area contributed by atoms with Gasteiger partial charge in [-0.2, -0.15) is 0 Å². The molecule has 3 rings (SSSR count). The van der Waals surface area contributed by atoms with Crippen LogP contribution in [0.25, 0.3) is 0 Å². The highest BCUT2D eigenvalue weighted by Crippen LogP contribution is 2.55. The van der Waals surface area contributed by atoms with Crippen LogP contribution in [0, 0.1) is 29.1 Å². The van der Waals surface area contributed by atoms with Gasteiger partial charge in [-0.25, -0.2) is 0 Å². The molecular formula is C21H32O6. The summed E-state index contributed by atoms with van der Waals surface area (Å²) in [5.41, 5.74) is -1.35. The maximum Gasteiger partial charge on any atom is 0.312 e. The number of esters is 3. The van der Waals surface area contributed by atoms with Crippen LogP contribution in [-0.4, -0.2) is 35.7 Å². The maximum absolute atomic E-state index is 12.8. The zero-order valence-electron chi connectivity index (χ0n) is 17.2. The summed E-state index contributed by atoms with van der Waals surface area (Å²) >= 11 is 0. The van der Waals surface area contributed by atoms with Crippen molar-refractivity contribution in [3.8, 4) is 0 Å². The van der Waals surface area contributed by atoms with Gasteiger partial charge in [-0.1, -0.05) is 6.92 Å². The van der Waals surface area contributed by atoms with Gasteiger partial charge in [-0.3, -0.25) is 14.4 Å². The van der Waals surface area contributed by atoms with Gasteiger partial charge in [-0.05, 0) is 60.3 Å². The fraction of sp³-hybridized carbons (Fsp3) is 0.857. The molecule has 2 bridgehead atoms. The van der Waals surface area contributed by atoms with Crippen LogP contribution in [0.1, 0.15) is 67.2 Å². The normalized spacial score (nSPS) is 33.0. The van der Waals surface area contributed by atoms with Crippen molar-refractivity contribution in [1.29, 1.82) is 0 Å². The summed E-state index contributed by atoms with van der Waals surface area (Å²) in [7, 11) is 0. The van der Waals surface area contributed by atoms with Crippen LogP contribution >= 0.6 is 0 Å². The van der Waals surface area contributed by atoms with Crippen molar-refractivity contribution in [3.63, 3.8) is 0 Å². The lowest BCUT2D eigenvalue weighted by molar-refractivity contribution is -0.171. The smallest absolute Gasteiger partial charge is 0.312 e. The summed E-state index contributed by atoms with van der Waals surface area (Å²) in [5, 5.41) is 0. The van der Waals surface area contributed by atoms with Gasteiger partial charge in [0.25, 0.3) is 0 Å². The summed E-state index contributed by atoms with van der Waals surface area (Å²) in [5.74, 6) is -0.706. The molecule has 6 nitrogen and oxygen atoms in total. The van der Waals surface area contributed by atoms with Gasteiger partial charge in [0.2, 0.25) is 0 Å². The summed E-state index contributed by atoms with van der Waals surface area (Å²) in [6.07, 6.45) is 2.01. The minimum absolute atomic E-state index is 0.00280. The molecular weight excluding hydrogens is 348 g/mol. The van der Waals surface area contributed by atoms with Crippen LogP contribution in [-0.2, 0) is 28.6 Å². The number of hydrogen-bond acceptors (Lipinski definition) is 6. The Morgan fingerprint density at radius 3 is 2.44 bits per heavy atom. The minimum Gasteiger partial charge on any atom is -0.460 e. The molecule has 6 heteroatoms. The molecule has 0 spiro atoms. The van der Waals surface area contributed by atoms with Gasteiger partial charge in [0, 0.05) is 11.8 Å². The van der Waals surface area contributed by atoms with E-state index >= 15 is 0 Å². The molecule has 0 aromatic heterocycles. The highest BCUT2D eigenvalue weighted by atomic mass is 16.6. The Morgan fingerprint density at radius 2 is 1.85 bits per heavy atom. The van der Waals surface area contributed by atoms with Crippen LogP contribution in [0.5, 0.6) is 0 Å². The Bertz CT molecular complexity index is 631. The van der Waals surface area contributed by atoms with Crippen LogP contribution in [0.3, 0.4) is 0 Å². The van der Waals surface area contributed by atoms with E-state index in [1.165, 1.54) is 0 Å². The van der Waals surface area contributed by atoms with Gasteiger partial charge in [0.05, 0.1) is 17.3 Å². The van der Waals surface area contributed by atoms with Crippen molar-refractivity contribution in [2.75, 3.05) is 0 Å². The van der Waals surface area contributed by atoms with Crippen molar-refractivity contribution in [1.82, 2.24) is 0 Å². The Morgan fingerprint density at radius 1 is 1.19 bits per heavy atom. The molecule has 0 aromatic carbocycles. The topological polar surface area (TPSA) is 78.9 Å². The lowest BCUT2D eigenvalue weighted by Gasteiger charge is -2.32. The largest absolute Gasteiger partial charge is 0.460 e. The molecule has 3 aliphatic rings. The molecule has 6 unspecified atom stereocenters. The zero-order chi connectivity index (χ0) is 20.1. The first-order chi connectivity index (χ1) is 12.4. The van der Waals surface area contributed by atoms with Crippen molar-refractivity contribution in [2.24, 2.45) is 29.1 Å².